The third-order valence-electron chi connectivity index (χ3n) is 4.94. The number of carbonyl (C=O) groups is 1. The summed E-state index contributed by atoms with van der Waals surface area (Å²) in [6.45, 7) is 13.2. The molecule has 1 aromatic carbocycles. The molecule has 0 saturated carbocycles. The summed E-state index contributed by atoms with van der Waals surface area (Å²) in [4.78, 5) is 16.7. The minimum absolute atomic E-state index is 0.0263. The van der Waals surface area contributed by atoms with Crippen LogP contribution in [0.5, 0.6) is 5.75 Å². The van der Waals surface area contributed by atoms with Gasteiger partial charge >= 0.3 is 0 Å². The summed E-state index contributed by atoms with van der Waals surface area (Å²) in [7, 11) is 1.59. The van der Waals surface area contributed by atoms with Gasteiger partial charge in [-0.2, -0.15) is 5.10 Å². The first-order chi connectivity index (χ1) is 16.4. The fourth-order valence-corrected chi connectivity index (χ4v) is 3.64. The molecule has 1 amide bonds. The van der Waals surface area contributed by atoms with Crippen LogP contribution in [0.25, 0.3) is 6.08 Å². The molecule has 0 N–H and O–H groups in total. The van der Waals surface area contributed by atoms with Gasteiger partial charge in [-0.1, -0.05) is 49.2 Å². The number of nitrogens with zero attached hydrogens (tertiary/aromatic N) is 4. The number of anilines is 1. The third kappa shape index (κ3) is 8.06. The predicted molar refractivity (Wildman–Crippen MR) is 141 cm³/mol. The molecule has 1 saturated heterocycles. The summed E-state index contributed by atoms with van der Waals surface area (Å²) >= 11 is 12.3. The number of methoxy groups -OCH3 is 1. The summed E-state index contributed by atoms with van der Waals surface area (Å²) in [5, 5.41) is 5.32. The van der Waals surface area contributed by atoms with Crippen LogP contribution >= 0.6 is 23.2 Å². The zero-order valence-corrected chi connectivity index (χ0v) is 22.2. The lowest BCUT2D eigenvalue weighted by molar-refractivity contribution is -0.132. The molecule has 6 nitrogen and oxygen atoms in total. The number of carbonyl (C=O) groups excluding carboxylic acids is 1. The summed E-state index contributed by atoms with van der Waals surface area (Å²) in [5.41, 5.74) is 2.17. The zero-order valence-electron chi connectivity index (χ0n) is 20.7. The monoisotopic (exact) mass is 512 g/mol. The van der Waals surface area contributed by atoms with Crippen molar-refractivity contribution in [3.8, 4) is 5.75 Å². The van der Waals surface area contributed by atoms with Gasteiger partial charge in [0.1, 0.15) is 24.7 Å². The van der Waals surface area contributed by atoms with Gasteiger partial charge in [-0.25, -0.2) is 4.39 Å². The van der Waals surface area contributed by atoms with Gasteiger partial charge < -0.3 is 14.5 Å². The van der Waals surface area contributed by atoms with E-state index in [2.05, 4.69) is 16.6 Å². The van der Waals surface area contributed by atoms with Gasteiger partial charge in [0, 0.05) is 37.9 Å². The molecule has 0 spiro atoms. The van der Waals surface area contributed by atoms with E-state index in [1.807, 2.05) is 43.9 Å². The van der Waals surface area contributed by atoms with Gasteiger partial charge in [0.2, 0.25) is 5.91 Å². The number of halogens is 3. The summed E-state index contributed by atoms with van der Waals surface area (Å²) in [5.74, 6) is 0.605. The SMILES string of the molecule is C=CC.CC.COc1cc(N2CCN(C(=O)Cn3nc(/C=C/CF)c(Cl)c3C)CC2)ccc1Cl. The molecular weight excluding hydrogens is 478 g/mol. The average molecular weight is 513 g/mol. The number of allylic oxidation sites excluding steroid dienone is 2. The lowest BCUT2D eigenvalue weighted by atomic mass is 10.2. The van der Waals surface area contributed by atoms with E-state index in [9.17, 15) is 9.18 Å². The maximum Gasteiger partial charge on any atom is 0.244 e. The largest absolute Gasteiger partial charge is 0.495 e. The van der Waals surface area contributed by atoms with Crippen LogP contribution in [0, 0.1) is 6.92 Å². The number of hydrogen-bond acceptors (Lipinski definition) is 4. The van der Waals surface area contributed by atoms with Crippen molar-refractivity contribution in [2.45, 2.75) is 34.2 Å². The van der Waals surface area contributed by atoms with Crippen LogP contribution in [0.3, 0.4) is 0 Å². The van der Waals surface area contributed by atoms with Crippen LogP contribution in [-0.4, -0.2) is 60.6 Å². The Labute approximate surface area is 212 Å². The molecule has 0 unspecified atom stereocenters. The number of amides is 1. The molecule has 0 atom stereocenters. The topological polar surface area (TPSA) is 50.6 Å². The molecule has 0 bridgehead atoms. The molecule has 0 aliphatic carbocycles. The second-order valence-electron chi connectivity index (χ2n) is 7.09. The lowest BCUT2D eigenvalue weighted by Gasteiger charge is -2.36. The molecular formula is C25H35Cl2FN4O2. The molecule has 1 aromatic heterocycles. The number of piperazine rings is 1. The summed E-state index contributed by atoms with van der Waals surface area (Å²) < 4.78 is 19.2. The fourth-order valence-electron chi connectivity index (χ4n) is 3.25. The highest BCUT2D eigenvalue weighted by atomic mass is 35.5. The Bertz CT molecular complexity index is 955. The summed E-state index contributed by atoms with van der Waals surface area (Å²) in [6, 6.07) is 5.66. The van der Waals surface area contributed by atoms with Crippen molar-refractivity contribution in [2.75, 3.05) is 44.9 Å². The van der Waals surface area contributed by atoms with Crippen molar-refractivity contribution in [3.05, 3.63) is 58.4 Å². The van der Waals surface area contributed by atoms with E-state index in [1.54, 1.807) is 24.8 Å². The number of alkyl halides is 1. The van der Waals surface area contributed by atoms with E-state index in [0.29, 0.717) is 53.4 Å². The molecule has 188 valence electrons. The smallest absolute Gasteiger partial charge is 0.244 e. The number of benzene rings is 1. The maximum absolute atomic E-state index is 12.7. The Kier molecular flexibility index (Phi) is 13.4. The van der Waals surface area contributed by atoms with Crippen LogP contribution in [0.4, 0.5) is 10.1 Å². The number of rotatable bonds is 6. The normalized spacial score (nSPS) is 13.1. The van der Waals surface area contributed by atoms with E-state index < -0.39 is 6.67 Å². The van der Waals surface area contributed by atoms with Gasteiger partial charge in [-0.15, -0.1) is 6.58 Å². The standard InChI is InChI=1S/C20H23Cl2FN4O2.C3H6.C2H6/c1-14-20(22)17(4-3-7-23)24-27(14)13-19(28)26-10-8-25(9-11-26)15-5-6-16(21)18(12-15)29-2;1-3-2;1-2/h3-6,12H,7-11,13H2,1-2H3;3H,1H2,2H3;1-2H3/b4-3+;;. The number of hydrogen-bond donors (Lipinski definition) is 0. The molecule has 1 fully saturated rings. The van der Waals surface area contributed by atoms with E-state index in [1.165, 1.54) is 12.2 Å². The van der Waals surface area contributed by atoms with Gasteiger partial charge in [0.25, 0.3) is 0 Å². The highest BCUT2D eigenvalue weighted by molar-refractivity contribution is 6.32. The Balaban J connectivity index is 0.00000107. The quantitative estimate of drug-likeness (QED) is 0.441. The number of ether oxygens (including phenoxy) is 1. The van der Waals surface area contributed by atoms with Crippen LogP contribution < -0.4 is 9.64 Å². The molecule has 9 heteroatoms. The van der Waals surface area contributed by atoms with Crippen LogP contribution in [0.2, 0.25) is 10.0 Å². The second kappa shape index (κ2) is 15.4. The Morgan fingerprint density at radius 1 is 1.24 bits per heavy atom. The van der Waals surface area contributed by atoms with Crippen molar-refractivity contribution < 1.29 is 13.9 Å². The van der Waals surface area contributed by atoms with Crippen molar-refractivity contribution in [2.24, 2.45) is 0 Å². The Hall–Kier alpha value is -2.51. The van der Waals surface area contributed by atoms with E-state index in [4.69, 9.17) is 27.9 Å². The zero-order chi connectivity index (χ0) is 25.7. The molecule has 34 heavy (non-hydrogen) atoms. The van der Waals surface area contributed by atoms with Crippen molar-refractivity contribution in [1.29, 1.82) is 0 Å². The van der Waals surface area contributed by atoms with Crippen molar-refractivity contribution in [1.82, 2.24) is 14.7 Å². The summed E-state index contributed by atoms with van der Waals surface area (Å²) in [6.07, 6.45) is 4.61. The third-order valence-corrected chi connectivity index (χ3v) is 5.72. The van der Waals surface area contributed by atoms with Gasteiger partial charge in [0.05, 0.1) is 22.8 Å². The highest BCUT2D eigenvalue weighted by Crippen LogP contribution is 2.30. The molecule has 3 rings (SSSR count). The minimum atomic E-state index is -0.592. The number of aromatic nitrogens is 2. The van der Waals surface area contributed by atoms with Crippen LogP contribution in [0.15, 0.2) is 36.9 Å². The van der Waals surface area contributed by atoms with E-state index in [0.717, 1.165) is 5.69 Å². The highest BCUT2D eigenvalue weighted by Gasteiger charge is 2.23. The van der Waals surface area contributed by atoms with Crippen LogP contribution in [-0.2, 0) is 11.3 Å². The van der Waals surface area contributed by atoms with E-state index in [-0.39, 0.29) is 12.5 Å². The molecule has 2 aromatic rings. The first-order valence-electron chi connectivity index (χ1n) is 11.2. The van der Waals surface area contributed by atoms with Crippen LogP contribution in [0.1, 0.15) is 32.2 Å². The predicted octanol–water partition coefficient (Wildman–Crippen LogP) is 6.06. The average Bonchev–Trinajstić information content (AvgIpc) is 3.12. The van der Waals surface area contributed by atoms with Gasteiger partial charge in [0.15, 0.2) is 0 Å². The molecule has 2 heterocycles. The van der Waals surface area contributed by atoms with Crippen molar-refractivity contribution >= 4 is 40.9 Å². The van der Waals surface area contributed by atoms with Crippen molar-refractivity contribution in [3.63, 3.8) is 0 Å². The fraction of sp³-hybridized carbons (Fsp3) is 0.440. The van der Waals surface area contributed by atoms with Gasteiger partial charge in [-0.3, -0.25) is 9.48 Å². The van der Waals surface area contributed by atoms with E-state index >= 15 is 0 Å². The Morgan fingerprint density at radius 2 is 1.85 bits per heavy atom. The Morgan fingerprint density at radius 3 is 2.41 bits per heavy atom. The molecule has 1 aliphatic heterocycles. The minimum Gasteiger partial charge on any atom is -0.495 e. The van der Waals surface area contributed by atoms with Gasteiger partial charge in [-0.05, 0) is 32.1 Å². The maximum atomic E-state index is 12.7. The second-order valence-corrected chi connectivity index (χ2v) is 7.88. The first-order valence-corrected chi connectivity index (χ1v) is 12.0. The first kappa shape index (κ1) is 29.5. The lowest BCUT2D eigenvalue weighted by Crippen LogP contribution is -2.49. The molecule has 1 aliphatic rings. The molecule has 0 radical (unpaired) electrons.